The molecule has 1 heterocycles. The van der Waals surface area contributed by atoms with Gasteiger partial charge in [0.1, 0.15) is 5.82 Å². The molecule has 0 spiro atoms. The van der Waals surface area contributed by atoms with Crippen molar-refractivity contribution in [3.8, 4) is 0 Å². The molecule has 2 rings (SSSR count). The van der Waals surface area contributed by atoms with Gasteiger partial charge in [-0.2, -0.15) is 0 Å². The van der Waals surface area contributed by atoms with Crippen molar-refractivity contribution in [2.45, 2.75) is 19.8 Å². The molecule has 1 aliphatic heterocycles. The standard InChI is InChI=1S/C13H15FN2O4/c1-13(12(17)18)3-2-4-15(8-13)10-5-9(14)6-11(7-10)16(19)20/h5-7H,2-4,8H2,1H3,(H,17,18). The first-order valence-electron chi connectivity index (χ1n) is 6.25. The van der Waals surface area contributed by atoms with E-state index in [1.54, 1.807) is 11.8 Å². The highest BCUT2D eigenvalue weighted by Gasteiger charge is 2.38. The Bertz CT molecular complexity index is 563. The summed E-state index contributed by atoms with van der Waals surface area (Å²) in [5.41, 5.74) is -0.897. The summed E-state index contributed by atoms with van der Waals surface area (Å²) in [6.07, 6.45) is 1.18. The number of aliphatic carboxylic acids is 1. The van der Waals surface area contributed by atoms with Crippen molar-refractivity contribution >= 4 is 17.3 Å². The molecule has 1 atom stereocenters. The predicted molar refractivity (Wildman–Crippen MR) is 70.2 cm³/mol. The van der Waals surface area contributed by atoms with E-state index in [0.717, 1.165) is 6.07 Å². The molecule has 1 saturated heterocycles. The smallest absolute Gasteiger partial charge is 0.311 e. The van der Waals surface area contributed by atoms with Gasteiger partial charge in [0.2, 0.25) is 0 Å². The van der Waals surface area contributed by atoms with Crippen molar-refractivity contribution in [3.05, 3.63) is 34.1 Å². The molecule has 20 heavy (non-hydrogen) atoms. The minimum Gasteiger partial charge on any atom is -0.481 e. The molecule has 108 valence electrons. The number of rotatable bonds is 3. The lowest BCUT2D eigenvalue weighted by molar-refractivity contribution is -0.385. The Balaban J connectivity index is 2.32. The molecule has 0 bridgehead atoms. The molecule has 0 radical (unpaired) electrons. The summed E-state index contributed by atoms with van der Waals surface area (Å²) in [5, 5.41) is 20.0. The summed E-state index contributed by atoms with van der Waals surface area (Å²) >= 11 is 0. The number of anilines is 1. The fourth-order valence-corrected chi connectivity index (χ4v) is 2.48. The highest BCUT2D eigenvalue weighted by molar-refractivity contribution is 5.75. The molecule has 1 N–H and O–H groups in total. The van der Waals surface area contributed by atoms with Crippen LogP contribution in [0.25, 0.3) is 0 Å². The number of carboxylic acids is 1. The lowest BCUT2D eigenvalue weighted by Crippen LogP contribution is -2.46. The number of non-ortho nitro benzene ring substituents is 1. The second-order valence-electron chi connectivity index (χ2n) is 5.32. The van der Waals surface area contributed by atoms with E-state index in [4.69, 9.17) is 0 Å². The normalized spacial score (nSPS) is 22.6. The molecule has 1 aromatic carbocycles. The van der Waals surface area contributed by atoms with Crippen LogP contribution >= 0.6 is 0 Å². The number of piperidine rings is 1. The summed E-state index contributed by atoms with van der Waals surface area (Å²) < 4.78 is 13.4. The maximum atomic E-state index is 13.4. The van der Waals surface area contributed by atoms with Gasteiger partial charge in [-0.05, 0) is 25.8 Å². The number of carboxylic acid groups (broad SMARTS) is 1. The zero-order valence-electron chi connectivity index (χ0n) is 11.0. The summed E-state index contributed by atoms with van der Waals surface area (Å²) in [4.78, 5) is 23.1. The quantitative estimate of drug-likeness (QED) is 0.680. The molecule has 6 nitrogen and oxygen atoms in total. The molecule has 0 saturated carbocycles. The third-order valence-corrected chi connectivity index (χ3v) is 3.66. The van der Waals surface area contributed by atoms with E-state index in [9.17, 15) is 24.4 Å². The number of halogens is 1. The zero-order valence-corrected chi connectivity index (χ0v) is 11.0. The lowest BCUT2D eigenvalue weighted by atomic mass is 9.82. The van der Waals surface area contributed by atoms with Gasteiger partial charge >= 0.3 is 5.97 Å². The molecule has 1 fully saturated rings. The van der Waals surface area contributed by atoms with Gasteiger partial charge in [0.15, 0.2) is 0 Å². The number of carbonyl (C=O) groups is 1. The van der Waals surface area contributed by atoms with Crippen molar-refractivity contribution in [1.82, 2.24) is 0 Å². The molecule has 1 aliphatic rings. The molecule has 0 aliphatic carbocycles. The summed E-state index contributed by atoms with van der Waals surface area (Å²) in [6, 6.07) is 3.32. The first-order valence-corrected chi connectivity index (χ1v) is 6.25. The Morgan fingerprint density at radius 3 is 2.80 bits per heavy atom. The molecule has 1 aromatic rings. The third-order valence-electron chi connectivity index (χ3n) is 3.66. The van der Waals surface area contributed by atoms with Gasteiger partial charge < -0.3 is 10.0 Å². The SMILES string of the molecule is CC1(C(=O)O)CCCN(c2cc(F)cc([N+](=O)[O-])c2)C1. The van der Waals surface area contributed by atoms with Crippen LogP contribution < -0.4 is 4.90 Å². The number of benzene rings is 1. The van der Waals surface area contributed by atoms with Crippen LogP contribution in [0.15, 0.2) is 18.2 Å². The second kappa shape index (κ2) is 5.07. The minimum absolute atomic E-state index is 0.211. The third kappa shape index (κ3) is 2.71. The van der Waals surface area contributed by atoms with Crippen molar-refractivity contribution in [2.24, 2.45) is 5.41 Å². The minimum atomic E-state index is -0.917. The van der Waals surface area contributed by atoms with Gasteiger partial charge in [0.05, 0.1) is 16.4 Å². The van der Waals surface area contributed by atoms with E-state index >= 15 is 0 Å². The van der Waals surface area contributed by atoms with E-state index in [1.807, 2.05) is 0 Å². The Kier molecular flexibility index (Phi) is 3.61. The van der Waals surface area contributed by atoms with Crippen LogP contribution in [0.1, 0.15) is 19.8 Å². The predicted octanol–water partition coefficient (Wildman–Crippen LogP) is 2.43. The van der Waals surface area contributed by atoms with E-state index in [1.165, 1.54) is 12.1 Å². The number of nitro groups is 1. The van der Waals surface area contributed by atoms with Crippen LogP contribution in [-0.2, 0) is 4.79 Å². The molecule has 7 heteroatoms. The van der Waals surface area contributed by atoms with Gasteiger partial charge in [0, 0.05) is 24.8 Å². The first kappa shape index (κ1) is 14.2. The monoisotopic (exact) mass is 282 g/mol. The maximum absolute atomic E-state index is 13.4. The highest BCUT2D eigenvalue weighted by Crippen LogP contribution is 2.34. The molecular weight excluding hydrogens is 267 g/mol. The van der Waals surface area contributed by atoms with Crippen molar-refractivity contribution < 1.29 is 19.2 Å². The highest BCUT2D eigenvalue weighted by atomic mass is 19.1. The van der Waals surface area contributed by atoms with E-state index in [2.05, 4.69) is 0 Å². The van der Waals surface area contributed by atoms with Gasteiger partial charge in [-0.1, -0.05) is 0 Å². The Morgan fingerprint density at radius 2 is 2.20 bits per heavy atom. The largest absolute Gasteiger partial charge is 0.481 e. The number of hydrogen-bond donors (Lipinski definition) is 1. The van der Waals surface area contributed by atoms with Crippen LogP contribution in [0.5, 0.6) is 0 Å². The van der Waals surface area contributed by atoms with E-state index in [0.29, 0.717) is 25.1 Å². The van der Waals surface area contributed by atoms with Crippen molar-refractivity contribution in [1.29, 1.82) is 0 Å². The number of nitro benzene ring substituents is 1. The average molecular weight is 282 g/mol. The molecule has 1 unspecified atom stereocenters. The Hall–Kier alpha value is -2.18. The second-order valence-corrected chi connectivity index (χ2v) is 5.32. The number of nitrogens with zero attached hydrogens (tertiary/aromatic N) is 2. The van der Waals surface area contributed by atoms with Crippen LogP contribution in [0.4, 0.5) is 15.8 Å². The van der Waals surface area contributed by atoms with Gasteiger partial charge in [-0.3, -0.25) is 14.9 Å². The average Bonchev–Trinajstić information content (AvgIpc) is 2.38. The van der Waals surface area contributed by atoms with Crippen molar-refractivity contribution in [2.75, 3.05) is 18.0 Å². The van der Waals surface area contributed by atoms with Gasteiger partial charge in [-0.25, -0.2) is 4.39 Å². The van der Waals surface area contributed by atoms with Crippen LogP contribution in [-0.4, -0.2) is 29.1 Å². The first-order chi connectivity index (χ1) is 9.32. The fraction of sp³-hybridized carbons (Fsp3) is 0.462. The summed E-state index contributed by atoms with van der Waals surface area (Å²) in [7, 11) is 0. The molecular formula is C13H15FN2O4. The van der Waals surface area contributed by atoms with Crippen LogP contribution in [0, 0.1) is 21.3 Å². The van der Waals surface area contributed by atoms with Gasteiger partial charge in [0.25, 0.3) is 5.69 Å². The zero-order chi connectivity index (χ0) is 14.9. The summed E-state index contributed by atoms with van der Waals surface area (Å²) in [5.74, 6) is -1.61. The maximum Gasteiger partial charge on any atom is 0.311 e. The Morgan fingerprint density at radius 1 is 1.50 bits per heavy atom. The van der Waals surface area contributed by atoms with E-state index < -0.39 is 22.1 Å². The fourth-order valence-electron chi connectivity index (χ4n) is 2.48. The summed E-state index contributed by atoms with van der Waals surface area (Å²) in [6.45, 7) is 2.40. The Labute approximate surface area is 115 Å². The van der Waals surface area contributed by atoms with E-state index in [-0.39, 0.29) is 12.2 Å². The van der Waals surface area contributed by atoms with Crippen LogP contribution in [0.3, 0.4) is 0 Å². The lowest BCUT2D eigenvalue weighted by Gasteiger charge is -2.38. The topological polar surface area (TPSA) is 83.7 Å². The van der Waals surface area contributed by atoms with Crippen molar-refractivity contribution in [3.63, 3.8) is 0 Å². The molecule has 0 amide bonds. The van der Waals surface area contributed by atoms with Gasteiger partial charge in [-0.15, -0.1) is 0 Å². The number of hydrogen-bond acceptors (Lipinski definition) is 4. The molecule has 0 aromatic heterocycles. The van der Waals surface area contributed by atoms with Crippen LogP contribution in [0.2, 0.25) is 0 Å².